The predicted octanol–water partition coefficient (Wildman–Crippen LogP) is 4.00. The van der Waals surface area contributed by atoms with E-state index in [4.69, 9.17) is 4.74 Å². The summed E-state index contributed by atoms with van der Waals surface area (Å²) in [5, 5.41) is 9.28. The van der Waals surface area contributed by atoms with E-state index in [1.54, 1.807) is 6.07 Å². The number of ether oxygens (including phenoxy) is 1. The van der Waals surface area contributed by atoms with Crippen LogP contribution in [0.25, 0.3) is 0 Å². The van der Waals surface area contributed by atoms with Gasteiger partial charge in [-0.3, -0.25) is 0 Å². The van der Waals surface area contributed by atoms with Gasteiger partial charge in [0.05, 0.1) is 5.54 Å². The maximum atomic E-state index is 13.7. The van der Waals surface area contributed by atoms with Crippen LogP contribution in [-0.4, -0.2) is 23.1 Å². The zero-order valence-electron chi connectivity index (χ0n) is 12.8. The molecular weight excluding hydrogens is 297 g/mol. The van der Waals surface area contributed by atoms with Crippen molar-refractivity contribution in [2.45, 2.75) is 25.0 Å². The van der Waals surface area contributed by atoms with E-state index >= 15 is 0 Å². The maximum absolute atomic E-state index is 13.7. The summed E-state index contributed by atoms with van der Waals surface area (Å²) in [5.41, 5.74) is 0.914. The van der Waals surface area contributed by atoms with Crippen LogP contribution in [0.15, 0.2) is 48.5 Å². The van der Waals surface area contributed by atoms with Gasteiger partial charge in [-0.15, -0.1) is 0 Å². The van der Waals surface area contributed by atoms with Gasteiger partial charge < -0.3 is 14.7 Å². The van der Waals surface area contributed by atoms with Crippen LogP contribution in [0.2, 0.25) is 0 Å². The predicted molar refractivity (Wildman–Crippen MR) is 83.9 cm³/mol. The molecule has 2 aromatic rings. The number of carbonyl (C=O) groups is 1. The minimum absolute atomic E-state index is 0.354. The SMILES string of the molecule is CN(C(=O)O)C1(c2cc(F)ccc2OCc2ccccc2)CC1. The summed E-state index contributed by atoms with van der Waals surface area (Å²) in [6, 6.07) is 13.9. The monoisotopic (exact) mass is 315 g/mol. The maximum Gasteiger partial charge on any atom is 0.407 e. The molecule has 1 aliphatic rings. The standard InChI is InChI=1S/C18H18FNO3/c1-20(17(21)22)18(9-10-18)15-11-14(19)7-8-16(15)23-12-13-5-3-2-4-6-13/h2-8,11H,9-10,12H2,1H3,(H,21,22). The first-order chi connectivity index (χ1) is 11.0. The van der Waals surface area contributed by atoms with Gasteiger partial charge in [-0.25, -0.2) is 9.18 Å². The summed E-state index contributed by atoms with van der Waals surface area (Å²) in [6.07, 6.45) is 0.308. The van der Waals surface area contributed by atoms with E-state index in [2.05, 4.69) is 0 Å². The second-order valence-electron chi connectivity index (χ2n) is 5.79. The van der Waals surface area contributed by atoms with Crippen LogP contribution >= 0.6 is 0 Å². The Morgan fingerprint density at radius 3 is 2.57 bits per heavy atom. The van der Waals surface area contributed by atoms with Crippen molar-refractivity contribution in [2.75, 3.05) is 7.05 Å². The molecule has 0 spiro atoms. The summed E-state index contributed by atoms with van der Waals surface area (Å²) >= 11 is 0. The van der Waals surface area contributed by atoms with Gasteiger partial charge in [0.2, 0.25) is 0 Å². The highest BCUT2D eigenvalue weighted by molar-refractivity contribution is 5.67. The molecule has 120 valence electrons. The summed E-state index contributed by atoms with van der Waals surface area (Å²) in [7, 11) is 1.52. The second kappa shape index (κ2) is 5.91. The van der Waals surface area contributed by atoms with Gasteiger partial charge in [0, 0.05) is 12.6 Å². The second-order valence-corrected chi connectivity index (χ2v) is 5.79. The van der Waals surface area contributed by atoms with Crippen molar-refractivity contribution in [3.63, 3.8) is 0 Å². The molecule has 23 heavy (non-hydrogen) atoms. The fourth-order valence-corrected chi connectivity index (χ4v) is 2.81. The lowest BCUT2D eigenvalue weighted by Gasteiger charge is -2.27. The molecule has 2 aromatic carbocycles. The number of rotatable bonds is 5. The van der Waals surface area contributed by atoms with Gasteiger partial charge in [-0.05, 0) is 36.6 Å². The summed E-state index contributed by atoms with van der Waals surface area (Å²) in [4.78, 5) is 12.6. The minimum Gasteiger partial charge on any atom is -0.489 e. The molecule has 1 N–H and O–H groups in total. The van der Waals surface area contributed by atoms with Gasteiger partial charge in [0.15, 0.2) is 0 Å². The van der Waals surface area contributed by atoms with Crippen LogP contribution in [0.1, 0.15) is 24.0 Å². The molecule has 1 amide bonds. The average molecular weight is 315 g/mol. The molecule has 0 unspecified atom stereocenters. The molecule has 0 bridgehead atoms. The van der Waals surface area contributed by atoms with Gasteiger partial charge in [0.25, 0.3) is 0 Å². The van der Waals surface area contributed by atoms with Crippen molar-refractivity contribution in [3.05, 3.63) is 65.5 Å². The largest absolute Gasteiger partial charge is 0.489 e. The third-order valence-electron chi connectivity index (χ3n) is 4.33. The Labute approximate surface area is 134 Å². The Hall–Kier alpha value is -2.56. The van der Waals surface area contributed by atoms with E-state index in [0.717, 1.165) is 5.56 Å². The summed E-state index contributed by atoms with van der Waals surface area (Å²) < 4.78 is 19.6. The lowest BCUT2D eigenvalue weighted by Crippen LogP contribution is -2.36. The highest BCUT2D eigenvalue weighted by Crippen LogP contribution is 2.53. The topological polar surface area (TPSA) is 49.8 Å². The van der Waals surface area contributed by atoms with Crippen LogP contribution in [0, 0.1) is 5.82 Å². The Bertz CT molecular complexity index is 713. The van der Waals surface area contributed by atoms with Crippen molar-refractivity contribution in [3.8, 4) is 5.75 Å². The molecule has 0 radical (unpaired) electrons. The molecule has 0 saturated heterocycles. The molecule has 3 rings (SSSR count). The smallest absolute Gasteiger partial charge is 0.407 e. The number of nitrogens with zero attached hydrogens (tertiary/aromatic N) is 1. The van der Waals surface area contributed by atoms with Crippen molar-refractivity contribution in [1.29, 1.82) is 0 Å². The zero-order chi connectivity index (χ0) is 16.4. The van der Waals surface area contributed by atoms with E-state index in [1.807, 2.05) is 30.3 Å². The third kappa shape index (κ3) is 2.99. The molecule has 0 aromatic heterocycles. The summed E-state index contributed by atoms with van der Waals surface area (Å²) in [5.74, 6) is 0.137. The van der Waals surface area contributed by atoms with Crippen molar-refractivity contribution >= 4 is 6.09 Å². The van der Waals surface area contributed by atoms with Crippen LogP contribution in [0.3, 0.4) is 0 Å². The highest BCUT2D eigenvalue weighted by atomic mass is 19.1. The number of halogens is 1. The lowest BCUT2D eigenvalue weighted by molar-refractivity contribution is 0.130. The van der Waals surface area contributed by atoms with Crippen molar-refractivity contribution in [1.82, 2.24) is 4.90 Å². The molecule has 4 nitrogen and oxygen atoms in total. The van der Waals surface area contributed by atoms with Crippen molar-refractivity contribution in [2.24, 2.45) is 0 Å². The molecule has 1 fully saturated rings. The Kier molecular flexibility index (Phi) is 3.94. The fourth-order valence-electron chi connectivity index (χ4n) is 2.81. The van der Waals surface area contributed by atoms with Crippen LogP contribution in [0.4, 0.5) is 9.18 Å². The first-order valence-corrected chi connectivity index (χ1v) is 7.46. The fraction of sp³-hybridized carbons (Fsp3) is 0.278. The van der Waals surface area contributed by atoms with Gasteiger partial charge >= 0.3 is 6.09 Å². The number of benzene rings is 2. The average Bonchev–Trinajstić information content (AvgIpc) is 3.35. The minimum atomic E-state index is -1.03. The number of amides is 1. The van der Waals surface area contributed by atoms with Crippen molar-refractivity contribution < 1.29 is 19.0 Å². The number of hydrogen-bond acceptors (Lipinski definition) is 2. The van der Waals surface area contributed by atoms with Gasteiger partial charge in [0.1, 0.15) is 18.2 Å². The summed E-state index contributed by atoms with van der Waals surface area (Å²) in [6.45, 7) is 0.354. The lowest BCUT2D eigenvalue weighted by atomic mass is 10.0. The molecule has 0 heterocycles. The molecular formula is C18H18FNO3. The van der Waals surface area contributed by atoms with Gasteiger partial charge in [-0.2, -0.15) is 0 Å². The highest BCUT2D eigenvalue weighted by Gasteiger charge is 2.52. The Morgan fingerprint density at radius 1 is 1.26 bits per heavy atom. The van der Waals surface area contributed by atoms with E-state index in [1.165, 1.54) is 24.1 Å². The van der Waals surface area contributed by atoms with Crippen LogP contribution < -0.4 is 4.74 Å². The first-order valence-electron chi connectivity index (χ1n) is 7.46. The third-order valence-corrected chi connectivity index (χ3v) is 4.33. The first kappa shape index (κ1) is 15.3. The molecule has 5 heteroatoms. The normalized spacial score (nSPS) is 15.0. The molecule has 1 aliphatic carbocycles. The van der Waals surface area contributed by atoms with Crippen LogP contribution in [-0.2, 0) is 12.1 Å². The molecule has 0 aliphatic heterocycles. The van der Waals surface area contributed by atoms with E-state index in [-0.39, 0.29) is 0 Å². The number of hydrogen-bond donors (Lipinski definition) is 1. The van der Waals surface area contributed by atoms with E-state index in [9.17, 15) is 14.3 Å². The Morgan fingerprint density at radius 2 is 1.96 bits per heavy atom. The Balaban J connectivity index is 1.88. The molecule has 0 atom stereocenters. The quantitative estimate of drug-likeness (QED) is 0.907. The zero-order valence-corrected chi connectivity index (χ0v) is 12.8. The van der Waals surface area contributed by atoms with Crippen LogP contribution in [0.5, 0.6) is 5.75 Å². The van der Waals surface area contributed by atoms with Gasteiger partial charge in [-0.1, -0.05) is 30.3 Å². The van der Waals surface area contributed by atoms with E-state index < -0.39 is 17.4 Å². The number of carboxylic acid groups (broad SMARTS) is 1. The van der Waals surface area contributed by atoms with E-state index in [0.29, 0.717) is 30.8 Å². The molecule has 1 saturated carbocycles.